The average Bonchev–Trinajstić information content (AvgIpc) is 3.45. The summed E-state index contributed by atoms with van der Waals surface area (Å²) in [6, 6.07) is 4.52. The maximum Gasteiger partial charge on any atom is 0.256 e. The molecule has 8 heteroatoms. The van der Waals surface area contributed by atoms with Gasteiger partial charge >= 0.3 is 0 Å². The van der Waals surface area contributed by atoms with Crippen LogP contribution in [0.25, 0.3) is 16.6 Å². The molecular weight excluding hydrogens is 505 g/mol. The molecule has 40 heavy (non-hydrogen) atoms. The van der Waals surface area contributed by atoms with Crippen molar-refractivity contribution in [3.63, 3.8) is 0 Å². The Morgan fingerprint density at radius 1 is 1.20 bits per heavy atom. The van der Waals surface area contributed by atoms with Crippen molar-refractivity contribution in [2.45, 2.75) is 65.8 Å². The minimum atomic E-state index is -0.419. The van der Waals surface area contributed by atoms with E-state index in [-0.39, 0.29) is 17.9 Å². The zero-order valence-corrected chi connectivity index (χ0v) is 24.3. The number of fused-ring (bicyclic) bond motifs is 1. The lowest BCUT2D eigenvalue weighted by atomic mass is 9.97. The number of rotatable bonds is 8. The van der Waals surface area contributed by atoms with Gasteiger partial charge in [0.2, 0.25) is 5.91 Å². The highest BCUT2D eigenvalue weighted by Crippen LogP contribution is 2.33. The molecule has 0 aliphatic carbocycles. The quantitative estimate of drug-likeness (QED) is 0.425. The van der Waals surface area contributed by atoms with Crippen molar-refractivity contribution in [3.05, 3.63) is 59.3 Å². The number of pyridine rings is 1. The first-order chi connectivity index (χ1) is 19.2. The van der Waals surface area contributed by atoms with E-state index in [9.17, 15) is 14.0 Å². The van der Waals surface area contributed by atoms with Gasteiger partial charge in [-0.1, -0.05) is 0 Å². The van der Waals surface area contributed by atoms with E-state index < -0.39 is 5.82 Å². The van der Waals surface area contributed by atoms with E-state index in [1.54, 1.807) is 11.0 Å². The monoisotopic (exact) mass is 547 g/mol. The van der Waals surface area contributed by atoms with Gasteiger partial charge in [-0.15, -0.1) is 0 Å². The molecule has 1 N–H and O–H groups in total. The number of hydrogen-bond donors (Lipinski definition) is 1. The molecule has 1 unspecified atom stereocenters. The SMILES string of the molecule is CCN(C(=O)c1cc(F)ccc1-n1cc(C[C@@H]2CCN(CC3CCNC(=O)CC3)C2)c2c(C)cncc21)C(C)C. The maximum atomic E-state index is 14.5. The molecule has 1 aromatic carbocycles. The first-order valence-corrected chi connectivity index (χ1v) is 14.8. The lowest BCUT2D eigenvalue weighted by molar-refractivity contribution is -0.120. The molecule has 7 nitrogen and oxygen atoms in total. The molecule has 0 bridgehead atoms. The molecule has 2 aromatic heterocycles. The summed E-state index contributed by atoms with van der Waals surface area (Å²) < 4.78 is 16.5. The van der Waals surface area contributed by atoms with Crippen LogP contribution in [0.3, 0.4) is 0 Å². The summed E-state index contributed by atoms with van der Waals surface area (Å²) in [5.41, 5.74) is 4.32. The number of amides is 2. The van der Waals surface area contributed by atoms with Crippen LogP contribution in [0.4, 0.5) is 4.39 Å². The number of likely N-dealkylation sites (tertiary alicyclic amines) is 1. The van der Waals surface area contributed by atoms with Gasteiger partial charge < -0.3 is 19.7 Å². The number of benzene rings is 1. The first kappa shape index (κ1) is 28.3. The van der Waals surface area contributed by atoms with Crippen molar-refractivity contribution in [1.29, 1.82) is 0 Å². The van der Waals surface area contributed by atoms with Crippen LogP contribution < -0.4 is 5.32 Å². The summed E-state index contributed by atoms with van der Waals surface area (Å²) in [6.45, 7) is 12.5. The van der Waals surface area contributed by atoms with Crippen LogP contribution in [0.1, 0.15) is 67.9 Å². The predicted molar refractivity (Wildman–Crippen MR) is 156 cm³/mol. The van der Waals surface area contributed by atoms with E-state index in [2.05, 4.69) is 28.3 Å². The third kappa shape index (κ3) is 5.92. The highest BCUT2D eigenvalue weighted by molar-refractivity contribution is 5.99. The van der Waals surface area contributed by atoms with Crippen molar-refractivity contribution in [1.82, 2.24) is 24.7 Å². The molecule has 0 saturated carbocycles. The molecule has 4 heterocycles. The fraction of sp³-hybridized carbons (Fsp3) is 0.531. The summed E-state index contributed by atoms with van der Waals surface area (Å²) in [5.74, 6) is 0.690. The molecule has 2 aliphatic rings. The maximum absolute atomic E-state index is 14.5. The van der Waals surface area contributed by atoms with Crippen molar-refractivity contribution >= 4 is 22.7 Å². The molecule has 2 aliphatic heterocycles. The summed E-state index contributed by atoms with van der Waals surface area (Å²) in [7, 11) is 0. The smallest absolute Gasteiger partial charge is 0.256 e. The van der Waals surface area contributed by atoms with Gasteiger partial charge in [0.1, 0.15) is 5.82 Å². The largest absolute Gasteiger partial charge is 0.356 e. The number of nitrogens with one attached hydrogen (secondary N) is 1. The predicted octanol–water partition coefficient (Wildman–Crippen LogP) is 5.12. The topological polar surface area (TPSA) is 70.5 Å². The Kier molecular flexibility index (Phi) is 8.54. The number of carbonyl (C=O) groups is 2. The van der Waals surface area contributed by atoms with Crippen LogP contribution in [-0.2, 0) is 11.2 Å². The van der Waals surface area contributed by atoms with Crippen LogP contribution in [0.2, 0.25) is 0 Å². The number of aromatic nitrogens is 2. The van der Waals surface area contributed by atoms with Crippen LogP contribution in [0, 0.1) is 24.6 Å². The first-order valence-electron chi connectivity index (χ1n) is 14.8. The Morgan fingerprint density at radius 3 is 2.80 bits per heavy atom. The minimum Gasteiger partial charge on any atom is -0.356 e. The van der Waals surface area contributed by atoms with Crippen molar-refractivity contribution < 1.29 is 14.0 Å². The average molecular weight is 548 g/mol. The van der Waals surface area contributed by atoms with Gasteiger partial charge in [0.05, 0.1) is 23.0 Å². The van der Waals surface area contributed by atoms with E-state index in [1.165, 1.54) is 23.1 Å². The second-order valence-corrected chi connectivity index (χ2v) is 11.9. The Balaban J connectivity index is 1.42. The Hall–Kier alpha value is -3.26. The summed E-state index contributed by atoms with van der Waals surface area (Å²) in [5, 5.41) is 4.17. The molecule has 2 fully saturated rings. The summed E-state index contributed by atoms with van der Waals surface area (Å²) in [4.78, 5) is 34.1. The number of halogens is 1. The van der Waals surface area contributed by atoms with Gasteiger partial charge in [-0.2, -0.15) is 0 Å². The number of carbonyl (C=O) groups excluding carboxylic acids is 2. The van der Waals surface area contributed by atoms with Crippen molar-refractivity contribution in [2.75, 3.05) is 32.7 Å². The van der Waals surface area contributed by atoms with E-state index in [4.69, 9.17) is 0 Å². The number of aryl methyl sites for hydroxylation is 1. The van der Waals surface area contributed by atoms with E-state index in [0.717, 1.165) is 62.9 Å². The number of hydrogen-bond acceptors (Lipinski definition) is 4. The Morgan fingerprint density at radius 2 is 2.02 bits per heavy atom. The molecular formula is C32H42FN5O2. The van der Waals surface area contributed by atoms with Gasteiger partial charge in [-0.05, 0) is 101 Å². The standard InChI is InChI=1S/C32H42FN5O2/c1-5-37(21(2)3)32(40)27-15-26(33)7-8-28(27)38-20-25(31-22(4)16-34-17-29(31)38)14-24-11-13-36(19-24)18-23-6-9-30(39)35-12-10-23/h7-8,15-17,20-21,23-24H,5-6,9-14,18-19H2,1-4H3,(H,35,39)/t23?,24-/m0/s1. The normalized spacial score (nSPS) is 20.2. The molecule has 2 saturated heterocycles. The van der Waals surface area contributed by atoms with E-state index >= 15 is 0 Å². The zero-order valence-electron chi connectivity index (χ0n) is 24.3. The second kappa shape index (κ2) is 12.1. The van der Waals surface area contributed by atoms with E-state index in [0.29, 0.717) is 36.1 Å². The third-order valence-corrected chi connectivity index (χ3v) is 8.70. The molecule has 5 rings (SSSR count). The second-order valence-electron chi connectivity index (χ2n) is 11.9. The molecule has 3 aromatic rings. The lowest BCUT2D eigenvalue weighted by Gasteiger charge is -2.26. The minimum absolute atomic E-state index is 0.00884. The van der Waals surface area contributed by atoms with Crippen LogP contribution in [0.15, 0.2) is 36.8 Å². The third-order valence-electron chi connectivity index (χ3n) is 8.70. The summed E-state index contributed by atoms with van der Waals surface area (Å²) in [6.07, 6.45) is 10.6. The van der Waals surface area contributed by atoms with Gasteiger partial charge in [-0.25, -0.2) is 4.39 Å². The van der Waals surface area contributed by atoms with E-state index in [1.807, 2.05) is 37.7 Å². The molecule has 2 amide bonds. The molecule has 2 atom stereocenters. The van der Waals surface area contributed by atoms with Crippen LogP contribution in [-0.4, -0.2) is 69.9 Å². The summed E-state index contributed by atoms with van der Waals surface area (Å²) >= 11 is 0. The van der Waals surface area contributed by atoms with Gasteiger partial charge in [-0.3, -0.25) is 14.6 Å². The highest BCUT2D eigenvalue weighted by Gasteiger charge is 2.28. The lowest BCUT2D eigenvalue weighted by Crippen LogP contribution is -2.37. The zero-order chi connectivity index (χ0) is 28.4. The van der Waals surface area contributed by atoms with Crippen LogP contribution >= 0.6 is 0 Å². The Bertz CT molecular complexity index is 1380. The highest BCUT2D eigenvalue weighted by atomic mass is 19.1. The Labute approximate surface area is 236 Å². The van der Waals surface area contributed by atoms with Crippen LogP contribution in [0.5, 0.6) is 0 Å². The van der Waals surface area contributed by atoms with Gasteiger partial charge in [0, 0.05) is 56.4 Å². The van der Waals surface area contributed by atoms with Crippen molar-refractivity contribution in [3.8, 4) is 5.69 Å². The molecule has 0 radical (unpaired) electrons. The molecule has 214 valence electrons. The van der Waals surface area contributed by atoms with Gasteiger partial charge in [0.25, 0.3) is 5.91 Å². The number of nitrogens with zero attached hydrogens (tertiary/aromatic N) is 4. The van der Waals surface area contributed by atoms with Gasteiger partial charge in [0.15, 0.2) is 0 Å². The fourth-order valence-corrected chi connectivity index (χ4v) is 6.67. The molecule has 0 spiro atoms. The fourth-order valence-electron chi connectivity index (χ4n) is 6.67. The van der Waals surface area contributed by atoms with Crippen molar-refractivity contribution in [2.24, 2.45) is 11.8 Å².